The fourth-order valence-electron chi connectivity index (χ4n) is 2.12. The zero-order chi connectivity index (χ0) is 17.6. The highest BCUT2D eigenvalue weighted by molar-refractivity contribution is 7.99. The minimum atomic E-state index is -0.378. The Kier molecular flexibility index (Phi) is 5.67. The van der Waals surface area contributed by atoms with Gasteiger partial charge in [0, 0.05) is 11.6 Å². The first kappa shape index (κ1) is 17.4. The Balaban J connectivity index is 1.57. The SMILES string of the molecule is O=C(CSc1nncn1-c1ccccc1F)NCc1ccc(Cl)cc1. The highest BCUT2D eigenvalue weighted by Crippen LogP contribution is 2.21. The molecule has 0 saturated carbocycles. The van der Waals surface area contributed by atoms with Gasteiger partial charge in [-0.1, -0.05) is 47.6 Å². The average molecular weight is 377 g/mol. The molecule has 0 aliphatic rings. The molecule has 5 nitrogen and oxygen atoms in total. The number of amides is 1. The van der Waals surface area contributed by atoms with E-state index in [2.05, 4.69) is 15.5 Å². The first-order valence-corrected chi connectivity index (χ1v) is 8.79. The number of hydrogen-bond acceptors (Lipinski definition) is 4. The van der Waals surface area contributed by atoms with E-state index >= 15 is 0 Å². The highest BCUT2D eigenvalue weighted by Gasteiger charge is 2.12. The number of carbonyl (C=O) groups excluding carboxylic acids is 1. The number of nitrogens with zero attached hydrogens (tertiary/aromatic N) is 3. The van der Waals surface area contributed by atoms with E-state index in [0.29, 0.717) is 22.4 Å². The van der Waals surface area contributed by atoms with Gasteiger partial charge in [-0.25, -0.2) is 4.39 Å². The number of para-hydroxylation sites is 1. The Morgan fingerprint density at radius 2 is 1.96 bits per heavy atom. The Bertz CT molecular complexity index is 869. The molecular weight excluding hydrogens is 363 g/mol. The highest BCUT2D eigenvalue weighted by atomic mass is 35.5. The third kappa shape index (κ3) is 4.58. The summed E-state index contributed by atoms with van der Waals surface area (Å²) in [5.41, 5.74) is 1.30. The van der Waals surface area contributed by atoms with Crippen LogP contribution in [0.2, 0.25) is 5.02 Å². The number of rotatable bonds is 6. The molecule has 2 aromatic carbocycles. The molecular formula is C17H14ClFN4OS. The largest absolute Gasteiger partial charge is 0.351 e. The van der Waals surface area contributed by atoms with E-state index in [4.69, 9.17) is 11.6 Å². The molecule has 0 saturated heterocycles. The van der Waals surface area contributed by atoms with Crippen molar-refractivity contribution in [2.45, 2.75) is 11.7 Å². The molecule has 1 amide bonds. The van der Waals surface area contributed by atoms with Crippen molar-refractivity contribution >= 4 is 29.3 Å². The van der Waals surface area contributed by atoms with Crippen LogP contribution in [0.15, 0.2) is 60.0 Å². The second-order valence-electron chi connectivity index (χ2n) is 5.13. The van der Waals surface area contributed by atoms with E-state index < -0.39 is 0 Å². The van der Waals surface area contributed by atoms with Crippen molar-refractivity contribution in [1.82, 2.24) is 20.1 Å². The standard InChI is InChI=1S/C17H14ClFN4OS/c18-13-7-5-12(6-8-13)9-20-16(24)10-25-17-22-21-11-23(17)15-4-2-1-3-14(15)19/h1-8,11H,9-10H2,(H,20,24). The van der Waals surface area contributed by atoms with Gasteiger partial charge in [0.05, 0.1) is 11.4 Å². The lowest BCUT2D eigenvalue weighted by atomic mass is 10.2. The third-order valence-corrected chi connectivity index (χ3v) is 4.56. The number of nitrogens with one attached hydrogen (secondary N) is 1. The second kappa shape index (κ2) is 8.13. The van der Waals surface area contributed by atoms with Gasteiger partial charge in [-0.05, 0) is 29.8 Å². The van der Waals surface area contributed by atoms with Crippen LogP contribution in [0.3, 0.4) is 0 Å². The molecule has 0 atom stereocenters. The summed E-state index contributed by atoms with van der Waals surface area (Å²) >= 11 is 7.02. The monoisotopic (exact) mass is 376 g/mol. The van der Waals surface area contributed by atoms with Crippen LogP contribution in [0.5, 0.6) is 0 Å². The van der Waals surface area contributed by atoms with Crippen LogP contribution in [-0.4, -0.2) is 26.4 Å². The fraction of sp³-hybridized carbons (Fsp3) is 0.118. The van der Waals surface area contributed by atoms with Crippen LogP contribution >= 0.6 is 23.4 Å². The smallest absolute Gasteiger partial charge is 0.230 e. The van der Waals surface area contributed by atoms with Crippen molar-refractivity contribution in [2.75, 3.05) is 5.75 Å². The fourth-order valence-corrected chi connectivity index (χ4v) is 3.00. The van der Waals surface area contributed by atoms with Crippen molar-refractivity contribution in [1.29, 1.82) is 0 Å². The van der Waals surface area contributed by atoms with Crippen LogP contribution in [0.4, 0.5) is 4.39 Å². The lowest BCUT2D eigenvalue weighted by molar-refractivity contribution is -0.118. The number of thioether (sulfide) groups is 1. The van der Waals surface area contributed by atoms with Crippen LogP contribution < -0.4 is 5.32 Å². The van der Waals surface area contributed by atoms with E-state index in [1.165, 1.54) is 28.7 Å². The molecule has 3 rings (SSSR count). The molecule has 0 fully saturated rings. The molecule has 8 heteroatoms. The minimum Gasteiger partial charge on any atom is -0.351 e. The molecule has 0 aliphatic carbocycles. The topological polar surface area (TPSA) is 59.8 Å². The molecule has 0 aliphatic heterocycles. The molecule has 1 N–H and O–H groups in total. The summed E-state index contributed by atoms with van der Waals surface area (Å²) < 4.78 is 15.4. The van der Waals surface area contributed by atoms with Gasteiger partial charge in [-0.15, -0.1) is 10.2 Å². The van der Waals surface area contributed by atoms with Gasteiger partial charge < -0.3 is 5.32 Å². The Morgan fingerprint density at radius 3 is 2.72 bits per heavy atom. The van der Waals surface area contributed by atoms with E-state index in [9.17, 15) is 9.18 Å². The summed E-state index contributed by atoms with van der Waals surface area (Å²) in [5, 5.41) is 11.7. The number of benzene rings is 2. The van der Waals surface area contributed by atoms with Gasteiger partial charge in [-0.2, -0.15) is 0 Å². The van der Waals surface area contributed by atoms with Gasteiger partial charge in [0.2, 0.25) is 5.91 Å². The zero-order valence-electron chi connectivity index (χ0n) is 13.0. The van der Waals surface area contributed by atoms with Gasteiger partial charge in [0.1, 0.15) is 12.1 Å². The third-order valence-electron chi connectivity index (χ3n) is 3.36. The van der Waals surface area contributed by atoms with E-state index in [1.807, 2.05) is 12.1 Å². The lowest BCUT2D eigenvalue weighted by Gasteiger charge is -2.08. The second-order valence-corrected chi connectivity index (χ2v) is 6.51. The Morgan fingerprint density at radius 1 is 1.20 bits per heavy atom. The first-order chi connectivity index (χ1) is 12.1. The summed E-state index contributed by atoms with van der Waals surface area (Å²) in [7, 11) is 0. The van der Waals surface area contributed by atoms with E-state index in [1.54, 1.807) is 30.3 Å². The van der Waals surface area contributed by atoms with Crippen LogP contribution in [0.25, 0.3) is 5.69 Å². The van der Waals surface area contributed by atoms with Crippen molar-refractivity contribution in [2.24, 2.45) is 0 Å². The number of hydrogen-bond donors (Lipinski definition) is 1. The number of halogens is 2. The van der Waals surface area contributed by atoms with Crippen LogP contribution in [0, 0.1) is 5.82 Å². The molecule has 1 aromatic heterocycles. The molecule has 0 radical (unpaired) electrons. The summed E-state index contributed by atoms with van der Waals surface area (Å²) in [6, 6.07) is 13.6. The normalized spacial score (nSPS) is 10.6. The predicted octanol–water partition coefficient (Wildman–Crippen LogP) is 3.47. The molecule has 0 bridgehead atoms. The first-order valence-electron chi connectivity index (χ1n) is 7.42. The Labute approximate surface area is 153 Å². The van der Waals surface area contributed by atoms with Crippen molar-refractivity contribution in [3.63, 3.8) is 0 Å². The van der Waals surface area contributed by atoms with E-state index in [-0.39, 0.29) is 17.5 Å². The molecule has 128 valence electrons. The summed E-state index contributed by atoms with van der Waals surface area (Å²) in [5.74, 6) is -0.375. The lowest BCUT2D eigenvalue weighted by Crippen LogP contribution is -2.24. The van der Waals surface area contributed by atoms with Gasteiger partial charge in [-0.3, -0.25) is 9.36 Å². The minimum absolute atomic E-state index is 0.150. The average Bonchev–Trinajstić information content (AvgIpc) is 3.08. The molecule has 1 heterocycles. The number of aromatic nitrogens is 3. The van der Waals surface area contributed by atoms with Crippen molar-refractivity contribution in [3.8, 4) is 5.69 Å². The number of carbonyl (C=O) groups is 1. The van der Waals surface area contributed by atoms with Gasteiger partial charge in [0.25, 0.3) is 0 Å². The summed E-state index contributed by atoms with van der Waals surface area (Å²) in [6.07, 6.45) is 1.42. The molecule has 3 aromatic rings. The summed E-state index contributed by atoms with van der Waals surface area (Å²) in [4.78, 5) is 12.0. The van der Waals surface area contributed by atoms with Gasteiger partial charge in [0.15, 0.2) is 5.16 Å². The maximum Gasteiger partial charge on any atom is 0.230 e. The Hall–Kier alpha value is -2.38. The van der Waals surface area contributed by atoms with Crippen molar-refractivity contribution in [3.05, 3.63) is 71.3 Å². The van der Waals surface area contributed by atoms with Crippen molar-refractivity contribution < 1.29 is 9.18 Å². The van der Waals surface area contributed by atoms with Gasteiger partial charge >= 0.3 is 0 Å². The molecule has 25 heavy (non-hydrogen) atoms. The molecule has 0 unspecified atom stereocenters. The van der Waals surface area contributed by atoms with Crippen LogP contribution in [-0.2, 0) is 11.3 Å². The van der Waals surface area contributed by atoms with Crippen LogP contribution in [0.1, 0.15) is 5.56 Å². The maximum absolute atomic E-state index is 13.9. The quantitative estimate of drug-likeness (QED) is 0.669. The van der Waals surface area contributed by atoms with E-state index in [0.717, 1.165) is 5.56 Å². The summed E-state index contributed by atoms with van der Waals surface area (Å²) in [6.45, 7) is 0.413. The predicted molar refractivity (Wildman–Crippen MR) is 95.3 cm³/mol. The zero-order valence-corrected chi connectivity index (χ0v) is 14.6. The maximum atomic E-state index is 13.9. The molecule has 0 spiro atoms.